The maximum Gasteiger partial charge on any atom is 0.265 e. The molecule has 2 aromatic carbocycles. The molecule has 0 bridgehead atoms. The molecule has 0 radical (unpaired) electrons. The molecule has 3 aromatic rings. The summed E-state index contributed by atoms with van der Waals surface area (Å²) in [6.07, 6.45) is 0.820. The minimum Gasteiger partial charge on any atom is -0.485 e. The number of amides is 1. The zero-order chi connectivity index (χ0) is 17.8. The number of carbonyl (C=O) groups is 1. The predicted octanol–water partition coefficient (Wildman–Crippen LogP) is 2.60. The third-order valence-corrected chi connectivity index (χ3v) is 4.04. The van der Waals surface area contributed by atoms with Crippen LogP contribution < -0.4 is 14.8 Å². The Kier molecular flexibility index (Phi) is 4.47. The highest BCUT2D eigenvalue weighted by molar-refractivity contribution is 5.81. The molecule has 0 saturated heterocycles. The maximum absolute atomic E-state index is 12.4. The molecule has 1 N–H and O–H groups in total. The predicted molar refractivity (Wildman–Crippen MR) is 95.7 cm³/mol. The van der Waals surface area contributed by atoms with Gasteiger partial charge in [-0.1, -0.05) is 42.5 Å². The first kappa shape index (κ1) is 16.1. The Morgan fingerprint density at radius 1 is 1.04 bits per heavy atom. The van der Waals surface area contributed by atoms with Crippen LogP contribution in [0, 0.1) is 0 Å². The Bertz CT molecular complexity index is 915. The number of benzene rings is 2. The number of fused-ring (bicyclic) bond motifs is 1. The van der Waals surface area contributed by atoms with Crippen LogP contribution in [-0.4, -0.2) is 28.6 Å². The van der Waals surface area contributed by atoms with Crippen molar-refractivity contribution < 1.29 is 14.3 Å². The van der Waals surface area contributed by atoms with Crippen LogP contribution in [0.5, 0.6) is 11.5 Å². The van der Waals surface area contributed by atoms with Crippen molar-refractivity contribution in [1.82, 2.24) is 15.3 Å². The summed E-state index contributed by atoms with van der Waals surface area (Å²) in [7, 11) is 0. The van der Waals surface area contributed by atoms with Gasteiger partial charge in [-0.25, -0.2) is 9.97 Å². The van der Waals surface area contributed by atoms with Crippen LogP contribution in [0.2, 0.25) is 0 Å². The van der Waals surface area contributed by atoms with Crippen LogP contribution in [0.25, 0.3) is 11.3 Å². The first-order valence-corrected chi connectivity index (χ1v) is 8.32. The molecule has 1 aromatic heterocycles. The summed E-state index contributed by atoms with van der Waals surface area (Å²) in [6, 6.07) is 19.0. The smallest absolute Gasteiger partial charge is 0.265 e. The number of hydrogen-bond donors (Lipinski definition) is 1. The lowest BCUT2D eigenvalue weighted by Crippen LogP contribution is -2.43. The van der Waals surface area contributed by atoms with Gasteiger partial charge >= 0.3 is 0 Å². The molecule has 1 aliphatic heterocycles. The summed E-state index contributed by atoms with van der Waals surface area (Å²) in [6.45, 7) is 0.477. The van der Waals surface area contributed by atoms with Crippen molar-refractivity contribution in [1.29, 1.82) is 0 Å². The topological polar surface area (TPSA) is 73.3 Å². The van der Waals surface area contributed by atoms with Gasteiger partial charge in [-0.05, 0) is 18.2 Å². The molecule has 0 saturated carbocycles. The fourth-order valence-corrected chi connectivity index (χ4v) is 2.70. The molecule has 26 heavy (non-hydrogen) atoms. The molecule has 0 fully saturated rings. The molecule has 1 aliphatic rings. The van der Waals surface area contributed by atoms with Crippen molar-refractivity contribution in [3.05, 3.63) is 72.7 Å². The van der Waals surface area contributed by atoms with Gasteiger partial charge in [-0.2, -0.15) is 0 Å². The molecule has 1 atom stereocenters. The molecular weight excluding hydrogens is 330 g/mol. The maximum atomic E-state index is 12.4. The van der Waals surface area contributed by atoms with Gasteiger partial charge in [0.15, 0.2) is 11.5 Å². The minimum atomic E-state index is -0.680. The Balaban J connectivity index is 1.39. The Labute approximate surface area is 150 Å². The standard InChI is InChI=1S/C20H17N3O3/c24-20(19-12-25-17-8-4-5-9-18(17)26-19)21-11-15-10-16(23-13-22-15)14-6-2-1-3-7-14/h1-10,13,19H,11-12H2,(H,21,24). The van der Waals surface area contributed by atoms with Crippen molar-refractivity contribution in [2.24, 2.45) is 0 Å². The second kappa shape index (κ2) is 7.23. The monoisotopic (exact) mass is 347 g/mol. The van der Waals surface area contributed by atoms with Gasteiger partial charge in [0.2, 0.25) is 6.10 Å². The molecule has 1 amide bonds. The van der Waals surface area contributed by atoms with Gasteiger partial charge in [0.05, 0.1) is 17.9 Å². The lowest BCUT2D eigenvalue weighted by molar-refractivity contribution is -0.130. The lowest BCUT2D eigenvalue weighted by Gasteiger charge is -2.25. The van der Waals surface area contributed by atoms with Gasteiger partial charge in [0.25, 0.3) is 5.91 Å². The summed E-state index contributed by atoms with van der Waals surface area (Å²) in [5, 5.41) is 2.84. The highest BCUT2D eigenvalue weighted by atomic mass is 16.6. The highest BCUT2D eigenvalue weighted by Crippen LogP contribution is 2.30. The molecule has 2 heterocycles. The molecule has 0 aliphatic carbocycles. The van der Waals surface area contributed by atoms with Crippen LogP contribution in [0.15, 0.2) is 67.0 Å². The molecular formula is C20H17N3O3. The number of rotatable bonds is 4. The first-order chi connectivity index (χ1) is 12.8. The minimum absolute atomic E-state index is 0.182. The van der Waals surface area contributed by atoms with E-state index < -0.39 is 6.10 Å². The molecule has 6 heteroatoms. The zero-order valence-electron chi connectivity index (χ0n) is 14.0. The number of carbonyl (C=O) groups excluding carboxylic acids is 1. The van der Waals surface area contributed by atoms with Gasteiger partial charge in [0.1, 0.15) is 12.9 Å². The Morgan fingerprint density at radius 3 is 2.65 bits per heavy atom. The fourth-order valence-electron chi connectivity index (χ4n) is 2.70. The van der Waals surface area contributed by atoms with Crippen LogP contribution >= 0.6 is 0 Å². The number of aromatic nitrogens is 2. The van der Waals surface area contributed by atoms with Gasteiger partial charge in [0, 0.05) is 5.56 Å². The van der Waals surface area contributed by atoms with E-state index in [-0.39, 0.29) is 12.5 Å². The van der Waals surface area contributed by atoms with Crippen LogP contribution in [0.1, 0.15) is 5.69 Å². The van der Waals surface area contributed by atoms with Crippen molar-refractivity contribution in [3.63, 3.8) is 0 Å². The molecule has 1 unspecified atom stereocenters. The van der Waals surface area contributed by atoms with E-state index in [0.29, 0.717) is 18.0 Å². The third-order valence-electron chi connectivity index (χ3n) is 4.04. The van der Waals surface area contributed by atoms with Crippen molar-refractivity contribution in [2.75, 3.05) is 6.61 Å². The molecule has 0 spiro atoms. The number of nitrogens with one attached hydrogen (secondary N) is 1. The van der Waals surface area contributed by atoms with E-state index in [1.165, 1.54) is 6.33 Å². The fraction of sp³-hybridized carbons (Fsp3) is 0.150. The normalized spacial score (nSPS) is 15.3. The van der Waals surface area contributed by atoms with Gasteiger partial charge in [-0.3, -0.25) is 4.79 Å². The van der Waals surface area contributed by atoms with E-state index in [0.717, 1.165) is 17.0 Å². The summed E-state index contributed by atoms with van der Waals surface area (Å²) in [5.74, 6) is 0.992. The number of ether oxygens (including phenoxy) is 2. The highest BCUT2D eigenvalue weighted by Gasteiger charge is 2.27. The lowest BCUT2D eigenvalue weighted by atomic mass is 10.1. The van der Waals surface area contributed by atoms with Gasteiger partial charge < -0.3 is 14.8 Å². The molecule has 6 nitrogen and oxygen atoms in total. The van der Waals surface area contributed by atoms with E-state index in [9.17, 15) is 4.79 Å². The summed E-state index contributed by atoms with van der Waals surface area (Å²) in [4.78, 5) is 20.9. The third kappa shape index (κ3) is 3.49. The average Bonchev–Trinajstić information content (AvgIpc) is 2.72. The zero-order valence-corrected chi connectivity index (χ0v) is 14.0. The number of hydrogen-bond acceptors (Lipinski definition) is 5. The van der Waals surface area contributed by atoms with E-state index >= 15 is 0 Å². The van der Waals surface area contributed by atoms with Crippen LogP contribution in [0.4, 0.5) is 0 Å². The SMILES string of the molecule is O=C(NCc1cc(-c2ccccc2)ncn1)C1COc2ccccc2O1. The van der Waals surface area contributed by atoms with E-state index in [2.05, 4.69) is 15.3 Å². The van der Waals surface area contributed by atoms with Crippen LogP contribution in [0.3, 0.4) is 0 Å². The Hall–Kier alpha value is -3.41. The summed E-state index contributed by atoms with van der Waals surface area (Å²) in [5.41, 5.74) is 2.54. The quantitative estimate of drug-likeness (QED) is 0.785. The van der Waals surface area contributed by atoms with E-state index in [1.54, 1.807) is 6.07 Å². The van der Waals surface area contributed by atoms with Crippen molar-refractivity contribution in [2.45, 2.75) is 12.6 Å². The van der Waals surface area contributed by atoms with Gasteiger partial charge in [-0.15, -0.1) is 0 Å². The summed E-state index contributed by atoms with van der Waals surface area (Å²) < 4.78 is 11.3. The van der Waals surface area contributed by atoms with Crippen LogP contribution in [-0.2, 0) is 11.3 Å². The average molecular weight is 347 g/mol. The number of nitrogens with zero attached hydrogens (tertiary/aromatic N) is 2. The first-order valence-electron chi connectivity index (χ1n) is 8.32. The molecule has 4 rings (SSSR count). The second-order valence-electron chi connectivity index (χ2n) is 5.84. The molecule has 130 valence electrons. The largest absolute Gasteiger partial charge is 0.485 e. The second-order valence-corrected chi connectivity index (χ2v) is 5.84. The van der Waals surface area contributed by atoms with E-state index in [1.807, 2.05) is 54.6 Å². The Morgan fingerprint density at radius 2 is 1.81 bits per heavy atom. The van der Waals surface area contributed by atoms with Crippen molar-refractivity contribution in [3.8, 4) is 22.8 Å². The number of para-hydroxylation sites is 2. The van der Waals surface area contributed by atoms with E-state index in [4.69, 9.17) is 9.47 Å². The summed E-state index contributed by atoms with van der Waals surface area (Å²) >= 11 is 0. The van der Waals surface area contributed by atoms with Crippen molar-refractivity contribution >= 4 is 5.91 Å².